The molecule has 1 heterocycles. The molecule has 6 radical (unpaired) electrons. The van der Waals surface area contributed by atoms with Gasteiger partial charge >= 0.3 is 0 Å². The molecule has 5 nitrogen and oxygen atoms in total. The first kappa shape index (κ1) is 18.7. The van der Waals surface area contributed by atoms with Crippen LogP contribution in [0.3, 0.4) is 0 Å². The average Bonchev–Trinajstić information content (AvgIpc) is 2.99. The van der Waals surface area contributed by atoms with E-state index in [0.29, 0.717) is 4.47 Å². The zero-order valence-corrected chi connectivity index (χ0v) is 15.0. The highest BCUT2D eigenvalue weighted by Crippen LogP contribution is 2.30. The van der Waals surface area contributed by atoms with Crippen molar-refractivity contribution in [1.29, 1.82) is 0 Å². The van der Waals surface area contributed by atoms with Crippen LogP contribution in [0.1, 0.15) is 21.7 Å². The van der Waals surface area contributed by atoms with Crippen LogP contribution in [0, 0.1) is 0 Å². The molecule has 0 saturated heterocycles. The molecule has 0 aliphatic rings. The molecule has 0 saturated carbocycles. The number of aliphatic hydroxyl groups is 1. The Labute approximate surface area is 161 Å². The highest BCUT2D eigenvalue weighted by Gasteiger charge is 2.26. The molecular formula is C17H10B3BrO5. The smallest absolute Gasteiger partial charge is 0.197 e. The fourth-order valence-electron chi connectivity index (χ4n) is 2.75. The SMILES string of the molecule is [B]c1c(O)c([B])c2oc(CCO)c(C(=O)c3ccc(O)c(Br)c3)c2c1[B]. The number of phenols is 2. The van der Waals surface area contributed by atoms with Gasteiger partial charge in [0.25, 0.3) is 0 Å². The van der Waals surface area contributed by atoms with Gasteiger partial charge in [-0.25, -0.2) is 0 Å². The average molecular weight is 407 g/mol. The summed E-state index contributed by atoms with van der Waals surface area (Å²) >= 11 is 3.16. The normalized spacial score (nSPS) is 11.2. The molecule has 9 heteroatoms. The maximum Gasteiger partial charge on any atom is 0.197 e. The van der Waals surface area contributed by atoms with Crippen LogP contribution < -0.4 is 16.4 Å². The van der Waals surface area contributed by atoms with Crippen LogP contribution in [-0.2, 0) is 6.42 Å². The summed E-state index contributed by atoms with van der Waals surface area (Å²) in [5.74, 6) is -0.734. The van der Waals surface area contributed by atoms with Crippen molar-refractivity contribution in [3.63, 3.8) is 0 Å². The summed E-state index contributed by atoms with van der Waals surface area (Å²) in [4.78, 5) is 13.1. The number of hydrogen-bond acceptors (Lipinski definition) is 5. The van der Waals surface area contributed by atoms with E-state index in [1.807, 2.05) is 0 Å². The molecule has 3 rings (SSSR count). The molecule has 2 aromatic carbocycles. The first-order valence-corrected chi connectivity index (χ1v) is 8.32. The number of carbonyl (C=O) groups excluding carboxylic acids is 1. The summed E-state index contributed by atoms with van der Waals surface area (Å²) in [7, 11) is 17.6. The Balaban J connectivity index is 2.34. The predicted molar refractivity (Wildman–Crippen MR) is 104 cm³/mol. The van der Waals surface area contributed by atoms with E-state index in [4.69, 9.17) is 28.0 Å². The van der Waals surface area contributed by atoms with Crippen molar-refractivity contribution in [3.8, 4) is 11.5 Å². The largest absolute Gasteiger partial charge is 0.509 e. The van der Waals surface area contributed by atoms with Crippen molar-refractivity contribution >= 4 is 72.6 Å². The molecule has 0 fully saturated rings. The monoisotopic (exact) mass is 406 g/mol. The molecule has 1 aromatic heterocycles. The fraction of sp³-hybridized carbons (Fsp3) is 0.118. The van der Waals surface area contributed by atoms with Crippen molar-refractivity contribution in [1.82, 2.24) is 0 Å². The highest BCUT2D eigenvalue weighted by molar-refractivity contribution is 9.10. The van der Waals surface area contributed by atoms with E-state index in [2.05, 4.69) is 15.9 Å². The number of fused-ring (bicyclic) bond motifs is 1. The Hall–Kier alpha value is -2.12. The van der Waals surface area contributed by atoms with Crippen molar-refractivity contribution in [2.75, 3.05) is 6.61 Å². The number of hydrogen-bond donors (Lipinski definition) is 3. The number of rotatable bonds is 4. The molecular weight excluding hydrogens is 397 g/mol. The lowest BCUT2D eigenvalue weighted by Gasteiger charge is -2.11. The van der Waals surface area contributed by atoms with Gasteiger partial charge in [0.05, 0.1) is 16.6 Å². The van der Waals surface area contributed by atoms with E-state index in [9.17, 15) is 20.1 Å². The number of benzene rings is 2. The minimum atomic E-state index is -0.455. The van der Waals surface area contributed by atoms with E-state index in [1.165, 1.54) is 18.2 Å². The Morgan fingerprint density at radius 2 is 1.81 bits per heavy atom. The number of ketones is 1. The van der Waals surface area contributed by atoms with Gasteiger partial charge in [0, 0.05) is 17.4 Å². The molecule has 0 amide bonds. The minimum Gasteiger partial charge on any atom is -0.509 e. The molecule has 0 bridgehead atoms. The van der Waals surface area contributed by atoms with Gasteiger partial charge in [-0.3, -0.25) is 4.79 Å². The number of aliphatic hydroxyl groups excluding tert-OH is 1. The quantitative estimate of drug-likeness (QED) is 0.411. The zero-order chi connectivity index (χ0) is 19.2. The molecule has 0 spiro atoms. The first-order valence-electron chi connectivity index (χ1n) is 7.52. The number of halogens is 1. The van der Waals surface area contributed by atoms with Crippen molar-refractivity contribution < 1.29 is 24.5 Å². The van der Waals surface area contributed by atoms with Crippen molar-refractivity contribution in [2.24, 2.45) is 0 Å². The van der Waals surface area contributed by atoms with Crippen LogP contribution in [0.15, 0.2) is 27.1 Å². The molecule has 26 heavy (non-hydrogen) atoms. The number of phenolic OH excluding ortho intramolecular Hbond substituents is 2. The number of carbonyl (C=O) groups is 1. The highest BCUT2D eigenvalue weighted by atomic mass is 79.9. The lowest BCUT2D eigenvalue weighted by molar-refractivity contribution is 0.103. The van der Waals surface area contributed by atoms with Gasteiger partial charge in [0.2, 0.25) is 0 Å². The first-order chi connectivity index (χ1) is 12.3. The predicted octanol–water partition coefficient (Wildman–Crippen LogP) is -0.246. The summed E-state index contributed by atoms with van der Waals surface area (Å²) in [6, 6.07) is 4.25. The van der Waals surface area contributed by atoms with Crippen LogP contribution >= 0.6 is 15.9 Å². The topological polar surface area (TPSA) is 90.9 Å². The summed E-state index contributed by atoms with van der Waals surface area (Å²) in [6.45, 7) is -0.277. The van der Waals surface area contributed by atoms with E-state index in [1.54, 1.807) is 0 Å². The lowest BCUT2D eigenvalue weighted by atomic mass is 9.73. The molecule has 0 atom stereocenters. The van der Waals surface area contributed by atoms with Crippen LogP contribution in [0.5, 0.6) is 11.5 Å². The molecule has 0 aliphatic heterocycles. The second-order valence-electron chi connectivity index (χ2n) is 5.66. The van der Waals surface area contributed by atoms with Gasteiger partial charge in [0.15, 0.2) is 5.78 Å². The molecule has 0 aliphatic carbocycles. The van der Waals surface area contributed by atoms with Gasteiger partial charge in [-0.2, -0.15) is 0 Å². The second kappa shape index (κ2) is 6.89. The Kier molecular flexibility index (Phi) is 4.95. The van der Waals surface area contributed by atoms with E-state index < -0.39 is 11.5 Å². The molecule has 0 unspecified atom stereocenters. The summed E-state index contributed by atoms with van der Waals surface area (Å²) in [5.41, 5.74) is 0.0347. The Morgan fingerprint density at radius 3 is 2.42 bits per heavy atom. The fourth-order valence-corrected chi connectivity index (χ4v) is 3.13. The van der Waals surface area contributed by atoms with Crippen LogP contribution in [0.25, 0.3) is 11.0 Å². The zero-order valence-electron chi connectivity index (χ0n) is 13.4. The lowest BCUT2D eigenvalue weighted by Crippen LogP contribution is -2.32. The maximum atomic E-state index is 13.1. The summed E-state index contributed by atoms with van der Waals surface area (Å²) in [5, 5.41) is 29.1. The van der Waals surface area contributed by atoms with Gasteiger partial charge in [0.1, 0.15) is 46.4 Å². The number of aromatic hydroxyl groups is 2. The van der Waals surface area contributed by atoms with Crippen molar-refractivity contribution in [3.05, 3.63) is 39.6 Å². The van der Waals surface area contributed by atoms with E-state index in [-0.39, 0.29) is 63.0 Å². The minimum absolute atomic E-state index is 0.0212. The second-order valence-corrected chi connectivity index (χ2v) is 6.52. The van der Waals surface area contributed by atoms with Crippen LogP contribution in [-0.4, -0.2) is 51.2 Å². The molecule has 3 aromatic rings. The molecule has 3 N–H and O–H groups in total. The van der Waals surface area contributed by atoms with Crippen LogP contribution in [0.4, 0.5) is 0 Å². The van der Waals surface area contributed by atoms with E-state index in [0.717, 1.165) is 0 Å². The third kappa shape index (κ3) is 2.85. The van der Waals surface area contributed by atoms with Gasteiger partial charge in [-0.1, -0.05) is 10.9 Å². The molecule has 124 valence electrons. The van der Waals surface area contributed by atoms with Crippen molar-refractivity contribution in [2.45, 2.75) is 6.42 Å². The third-order valence-corrected chi connectivity index (χ3v) is 4.71. The van der Waals surface area contributed by atoms with Crippen LogP contribution in [0.2, 0.25) is 0 Å². The van der Waals surface area contributed by atoms with E-state index >= 15 is 0 Å². The number of furan rings is 1. The Bertz CT molecular complexity index is 1050. The van der Waals surface area contributed by atoms with Gasteiger partial charge in [-0.05, 0) is 39.6 Å². The van der Waals surface area contributed by atoms with Gasteiger partial charge < -0.3 is 19.7 Å². The summed E-state index contributed by atoms with van der Waals surface area (Å²) in [6.07, 6.45) is 0.0363. The maximum absolute atomic E-state index is 13.1. The standard InChI is InChI=1S/C17H10B3BrO5/c18-12-11-10(15(24)6-1-2-8(23)7(21)5-6)9(3-4-22)26-17(11)14(20)16(25)13(12)19/h1-2,5,22-23,25H,3-4H2. The van der Waals surface area contributed by atoms with Gasteiger partial charge in [-0.15, -0.1) is 0 Å². The Morgan fingerprint density at radius 1 is 1.12 bits per heavy atom. The third-order valence-electron chi connectivity index (χ3n) is 4.07. The summed E-state index contributed by atoms with van der Waals surface area (Å²) < 4.78 is 5.96.